The molecule has 7 nitrogen and oxygen atoms in total. The number of hydrogen-bond acceptors (Lipinski definition) is 6. The number of carbonyl (C=O) groups is 2. The van der Waals surface area contributed by atoms with Crippen LogP contribution in [0.15, 0.2) is 59.0 Å². The van der Waals surface area contributed by atoms with Crippen LogP contribution in [0.3, 0.4) is 0 Å². The normalized spacial score (nSPS) is 23.4. The van der Waals surface area contributed by atoms with Gasteiger partial charge in [0, 0.05) is 29.2 Å². The van der Waals surface area contributed by atoms with Crippen LogP contribution in [0.2, 0.25) is 0 Å². The number of aromatic nitrogens is 1. The Hall–Kier alpha value is -4.39. The van der Waals surface area contributed by atoms with Crippen LogP contribution in [0.5, 0.6) is 5.75 Å². The van der Waals surface area contributed by atoms with Gasteiger partial charge < -0.3 is 19.8 Å². The van der Waals surface area contributed by atoms with Crippen LogP contribution in [0.1, 0.15) is 87.4 Å². The zero-order valence-corrected chi connectivity index (χ0v) is 25.5. The highest BCUT2D eigenvalue weighted by Gasteiger charge is 2.60. The number of nitrogens with zero attached hydrogens (tertiary/aromatic N) is 1. The molecule has 4 bridgehead atoms. The Morgan fingerprint density at radius 2 is 1.74 bits per heavy atom. The van der Waals surface area contributed by atoms with Crippen molar-refractivity contribution in [3.8, 4) is 5.75 Å². The summed E-state index contributed by atoms with van der Waals surface area (Å²) >= 11 is 0. The summed E-state index contributed by atoms with van der Waals surface area (Å²) in [4.78, 5) is 32.6. The number of para-hydroxylation sites is 1. The average Bonchev–Trinajstić information content (AvgIpc) is 3.61. The quantitative estimate of drug-likeness (QED) is 0.265. The molecule has 2 N–H and O–H groups in total. The van der Waals surface area contributed by atoms with Crippen molar-refractivity contribution in [1.82, 2.24) is 10.3 Å². The van der Waals surface area contributed by atoms with Gasteiger partial charge in [-0.05, 0) is 92.1 Å². The molecule has 220 valence electrons. The summed E-state index contributed by atoms with van der Waals surface area (Å²) in [5.41, 5.74) is 8.00. The maximum absolute atomic E-state index is 14.0. The van der Waals surface area contributed by atoms with Crippen LogP contribution in [-0.2, 0) is 16.6 Å². The van der Waals surface area contributed by atoms with E-state index in [0.717, 1.165) is 50.7 Å². The van der Waals surface area contributed by atoms with E-state index in [4.69, 9.17) is 14.1 Å². The van der Waals surface area contributed by atoms with E-state index in [2.05, 4.69) is 35.8 Å². The number of fused-ring (bicyclic) bond motifs is 4. The fourth-order valence-electron chi connectivity index (χ4n) is 7.13. The van der Waals surface area contributed by atoms with Gasteiger partial charge in [0.1, 0.15) is 23.0 Å². The summed E-state index contributed by atoms with van der Waals surface area (Å²) < 4.78 is 13.3. The summed E-state index contributed by atoms with van der Waals surface area (Å²) in [6.45, 7) is 12.2. The molecule has 3 aliphatic heterocycles. The largest absolute Gasteiger partial charge is 0.469 e. The number of Topliss-reactive ketones (excluding diaryl/α,β-unsaturated/α-hetero) is 1. The van der Waals surface area contributed by atoms with E-state index in [1.165, 1.54) is 5.56 Å². The Morgan fingerprint density at radius 3 is 2.49 bits per heavy atom. The number of aryl methyl sites for hydroxylation is 3. The van der Waals surface area contributed by atoms with Gasteiger partial charge in [0.15, 0.2) is 12.0 Å². The van der Waals surface area contributed by atoms with Gasteiger partial charge in [-0.3, -0.25) is 9.59 Å². The van der Waals surface area contributed by atoms with E-state index in [1.54, 1.807) is 0 Å². The highest BCUT2D eigenvalue weighted by atomic mass is 16.5. The first-order valence-electron chi connectivity index (χ1n) is 15.1. The molecule has 2 unspecified atom stereocenters. The van der Waals surface area contributed by atoms with Gasteiger partial charge in [0.2, 0.25) is 11.8 Å². The van der Waals surface area contributed by atoms with Crippen molar-refractivity contribution in [1.29, 1.82) is 0 Å². The van der Waals surface area contributed by atoms with Crippen molar-refractivity contribution < 1.29 is 18.7 Å². The third-order valence-corrected chi connectivity index (χ3v) is 9.68. The molecular formula is C36H37N3O4. The second-order valence-corrected chi connectivity index (χ2v) is 12.8. The van der Waals surface area contributed by atoms with Crippen LogP contribution in [0.25, 0.3) is 0 Å². The number of ether oxygens (including phenoxy) is 1. The van der Waals surface area contributed by atoms with Crippen molar-refractivity contribution in [2.75, 3.05) is 5.32 Å². The van der Waals surface area contributed by atoms with Gasteiger partial charge in [-0.15, -0.1) is 0 Å². The highest BCUT2D eigenvalue weighted by molar-refractivity contribution is 5.99. The molecule has 43 heavy (non-hydrogen) atoms. The minimum absolute atomic E-state index is 0.00652. The molecule has 7 heteroatoms. The van der Waals surface area contributed by atoms with Gasteiger partial charge in [-0.1, -0.05) is 44.2 Å². The number of oxazole rings is 1. The number of nitrogens with one attached hydrogen (secondary N) is 2. The predicted octanol–water partition coefficient (Wildman–Crippen LogP) is 6.65. The third kappa shape index (κ3) is 4.12. The van der Waals surface area contributed by atoms with Gasteiger partial charge in [0.05, 0.1) is 5.69 Å². The zero-order valence-electron chi connectivity index (χ0n) is 25.5. The molecule has 4 heterocycles. The number of rotatable bonds is 4. The number of anilines is 1. The third-order valence-electron chi connectivity index (χ3n) is 9.68. The van der Waals surface area contributed by atoms with Crippen LogP contribution in [0.4, 0.5) is 5.69 Å². The standard InChI is InChI=1S/C36H37N3O4/c1-18(2)31-34-37-22(6)32(43-34)36-26-9-7-8-10-28(26)38-35(36)42-30-12-11-23(16-27(30)36)15-25(33(41)39-31)17-29(40)24-13-19(3)21(5)20(4)14-24/h7-14,16,18,25,31,35,38H,15,17H2,1-6H3,(H,39,41)/t25?,31-,35-,36?/m0/s1. The topological polar surface area (TPSA) is 93.5 Å². The molecule has 7 rings (SSSR count). The molecule has 1 amide bonds. The Kier molecular flexibility index (Phi) is 6.27. The van der Waals surface area contributed by atoms with E-state index in [-0.39, 0.29) is 24.0 Å². The molecule has 3 aromatic carbocycles. The lowest BCUT2D eigenvalue weighted by atomic mass is 9.72. The van der Waals surface area contributed by atoms with Gasteiger partial charge >= 0.3 is 0 Å². The lowest BCUT2D eigenvalue weighted by Crippen LogP contribution is -2.40. The first-order valence-corrected chi connectivity index (χ1v) is 15.1. The smallest absolute Gasteiger partial charge is 0.224 e. The van der Waals surface area contributed by atoms with E-state index in [0.29, 0.717) is 17.9 Å². The van der Waals surface area contributed by atoms with E-state index in [1.807, 2.05) is 71.0 Å². The van der Waals surface area contributed by atoms with Crippen LogP contribution >= 0.6 is 0 Å². The summed E-state index contributed by atoms with van der Waals surface area (Å²) in [6, 6.07) is 17.8. The van der Waals surface area contributed by atoms with Crippen LogP contribution in [0, 0.1) is 39.5 Å². The molecule has 1 aromatic heterocycles. The Morgan fingerprint density at radius 1 is 1.00 bits per heavy atom. The minimum atomic E-state index is -0.746. The maximum atomic E-state index is 14.0. The van der Waals surface area contributed by atoms with E-state index >= 15 is 0 Å². The van der Waals surface area contributed by atoms with Gasteiger partial charge in [-0.25, -0.2) is 4.98 Å². The number of ketones is 1. The first kappa shape index (κ1) is 27.4. The molecule has 0 aliphatic carbocycles. The molecule has 0 saturated carbocycles. The Labute approximate surface area is 252 Å². The molecule has 3 aliphatic rings. The molecule has 0 fully saturated rings. The predicted molar refractivity (Wildman–Crippen MR) is 165 cm³/mol. The molecule has 4 atom stereocenters. The van der Waals surface area contributed by atoms with Crippen molar-refractivity contribution in [3.63, 3.8) is 0 Å². The van der Waals surface area contributed by atoms with Crippen molar-refractivity contribution in [2.24, 2.45) is 11.8 Å². The fraction of sp³-hybridized carbons (Fsp3) is 0.361. The number of carbonyl (C=O) groups excluding carboxylic acids is 2. The summed E-state index contributed by atoms with van der Waals surface area (Å²) in [5, 5.41) is 6.82. The zero-order chi connectivity index (χ0) is 30.2. The summed E-state index contributed by atoms with van der Waals surface area (Å²) in [7, 11) is 0. The molecular weight excluding hydrogens is 538 g/mol. The lowest BCUT2D eigenvalue weighted by Gasteiger charge is -2.28. The first-order chi connectivity index (χ1) is 20.6. The van der Waals surface area contributed by atoms with Crippen LogP contribution < -0.4 is 15.4 Å². The second-order valence-electron chi connectivity index (χ2n) is 12.8. The van der Waals surface area contributed by atoms with Crippen molar-refractivity contribution in [3.05, 3.63) is 111 Å². The van der Waals surface area contributed by atoms with Gasteiger partial charge in [0.25, 0.3) is 0 Å². The van der Waals surface area contributed by atoms with Crippen LogP contribution in [-0.4, -0.2) is 22.9 Å². The molecule has 4 aromatic rings. The van der Waals surface area contributed by atoms with Crippen molar-refractivity contribution >= 4 is 17.4 Å². The molecule has 1 spiro atoms. The monoisotopic (exact) mass is 575 g/mol. The number of benzene rings is 3. The average molecular weight is 576 g/mol. The Bertz CT molecular complexity index is 1780. The molecule has 0 saturated heterocycles. The van der Waals surface area contributed by atoms with Crippen molar-refractivity contribution in [2.45, 2.75) is 72.1 Å². The number of hydrogen-bond donors (Lipinski definition) is 2. The SMILES string of the molecule is Cc1cc(C(=O)CC2Cc3ccc4c(c3)C3(c5ccccc5N[C@H]3O4)c3oc(nc3C)[C@H](C(C)C)NC2=O)cc(C)c1C. The maximum Gasteiger partial charge on any atom is 0.224 e. The van der Waals surface area contributed by atoms with E-state index < -0.39 is 23.6 Å². The highest BCUT2D eigenvalue weighted by Crippen LogP contribution is 2.58. The summed E-state index contributed by atoms with van der Waals surface area (Å²) in [6.07, 6.45) is 0.107. The Balaban J connectivity index is 1.38. The minimum Gasteiger partial charge on any atom is -0.469 e. The van der Waals surface area contributed by atoms with Gasteiger partial charge in [-0.2, -0.15) is 0 Å². The fourth-order valence-corrected chi connectivity index (χ4v) is 7.13. The molecule has 0 radical (unpaired) electrons. The number of amides is 1. The second kappa shape index (κ2) is 9.83. The van der Waals surface area contributed by atoms with E-state index in [9.17, 15) is 9.59 Å². The summed E-state index contributed by atoms with van der Waals surface area (Å²) in [5.74, 6) is 1.17. The lowest BCUT2D eigenvalue weighted by molar-refractivity contribution is -0.126.